The maximum atomic E-state index is 12.8. The first-order valence-electron chi connectivity index (χ1n) is 3.94. The molecule has 1 unspecified atom stereocenters. The van der Waals surface area contributed by atoms with Crippen molar-refractivity contribution in [1.82, 2.24) is 9.36 Å². The van der Waals surface area contributed by atoms with Gasteiger partial charge in [-0.2, -0.15) is 4.37 Å². The standard InChI is InChI=1S/C7H7ClF2N2S/c8-6-11-5(12-13-6)4-1-2-7(9,10)3-4/h4H,1-3H2. The number of nitrogens with zero attached hydrogens (tertiary/aromatic N) is 2. The second-order valence-corrected chi connectivity index (χ2v) is 4.54. The van der Waals surface area contributed by atoms with Gasteiger partial charge in [0.25, 0.3) is 0 Å². The molecule has 0 aromatic carbocycles. The van der Waals surface area contributed by atoms with E-state index >= 15 is 0 Å². The van der Waals surface area contributed by atoms with Crippen molar-refractivity contribution in [3.8, 4) is 0 Å². The first-order chi connectivity index (χ1) is 6.07. The Bertz CT molecular complexity index is 315. The molecule has 0 bridgehead atoms. The van der Waals surface area contributed by atoms with Gasteiger partial charge < -0.3 is 0 Å². The van der Waals surface area contributed by atoms with Crippen molar-refractivity contribution in [3.05, 3.63) is 10.3 Å². The van der Waals surface area contributed by atoms with E-state index in [1.54, 1.807) is 0 Å². The number of hydrogen-bond donors (Lipinski definition) is 0. The quantitative estimate of drug-likeness (QED) is 0.733. The molecule has 1 saturated carbocycles. The highest BCUT2D eigenvalue weighted by Gasteiger charge is 2.41. The van der Waals surface area contributed by atoms with E-state index in [0.717, 1.165) is 11.5 Å². The molecule has 1 aromatic heterocycles. The van der Waals surface area contributed by atoms with Gasteiger partial charge in [0.15, 0.2) is 0 Å². The topological polar surface area (TPSA) is 25.8 Å². The van der Waals surface area contributed by atoms with Gasteiger partial charge in [-0.15, -0.1) is 0 Å². The summed E-state index contributed by atoms with van der Waals surface area (Å²) < 4.78 is 29.9. The zero-order chi connectivity index (χ0) is 9.47. The lowest BCUT2D eigenvalue weighted by Crippen LogP contribution is -2.09. The second-order valence-electron chi connectivity index (χ2n) is 3.20. The average Bonchev–Trinajstić information content (AvgIpc) is 2.56. The summed E-state index contributed by atoms with van der Waals surface area (Å²) in [4.78, 5) is 3.90. The third-order valence-electron chi connectivity index (χ3n) is 2.19. The normalized spacial score (nSPS) is 26.5. The summed E-state index contributed by atoms with van der Waals surface area (Å²) in [7, 11) is 0. The average molecular weight is 225 g/mol. The number of hydrogen-bond acceptors (Lipinski definition) is 3. The minimum atomic E-state index is -2.54. The molecule has 1 heterocycles. The van der Waals surface area contributed by atoms with Gasteiger partial charge in [0.05, 0.1) is 0 Å². The highest BCUT2D eigenvalue weighted by Crippen LogP contribution is 2.43. The first kappa shape index (κ1) is 9.27. The van der Waals surface area contributed by atoms with E-state index in [4.69, 9.17) is 11.6 Å². The summed E-state index contributed by atoms with van der Waals surface area (Å²) in [6.45, 7) is 0. The first-order valence-corrected chi connectivity index (χ1v) is 5.09. The molecule has 0 aliphatic heterocycles. The summed E-state index contributed by atoms with van der Waals surface area (Å²) in [6, 6.07) is 0. The maximum Gasteiger partial charge on any atom is 0.248 e. The molecule has 1 atom stereocenters. The molecule has 1 aliphatic rings. The molecule has 1 aliphatic carbocycles. The Morgan fingerprint density at radius 2 is 2.31 bits per heavy atom. The van der Waals surface area contributed by atoms with Crippen molar-refractivity contribution in [2.24, 2.45) is 0 Å². The molecule has 0 N–H and O–H groups in total. The van der Waals surface area contributed by atoms with Crippen molar-refractivity contribution < 1.29 is 8.78 Å². The molecule has 0 spiro atoms. The Kier molecular flexibility index (Phi) is 2.23. The molecule has 1 aromatic rings. The lowest BCUT2D eigenvalue weighted by atomic mass is 10.1. The summed E-state index contributed by atoms with van der Waals surface area (Å²) in [6.07, 6.45) is 0.259. The van der Waals surface area contributed by atoms with Gasteiger partial charge in [-0.1, -0.05) is 0 Å². The van der Waals surface area contributed by atoms with Crippen molar-refractivity contribution >= 4 is 23.1 Å². The van der Waals surface area contributed by atoms with E-state index in [-0.39, 0.29) is 18.8 Å². The fraction of sp³-hybridized carbons (Fsp3) is 0.714. The van der Waals surface area contributed by atoms with Gasteiger partial charge in [-0.25, -0.2) is 13.8 Å². The van der Waals surface area contributed by atoms with E-state index in [1.807, 2.05) is 0 Å². The van der Waals surface area contributed by atoms with E-state index in [1.165, 1.54) is 0 Å². The van der Waals surface area contributed by atoms with Gasteiger partial charge >= 0.3 is 0 Å². The third-order valence-corrected chi connectivity index (χ3v) is 3.00. The van der Waals surface area contributed by atoms with Crippen molar-refractivity contribution in [2.75, 3.05) is 0 Å². The van der Waals surface area contributed by atoms with E-state index in [2.05, 4.69) is 9.36 Å². The Morgan fingerprint density at radius 3 is 2.77 bits per heavy atom. The summed E-state index contributed by atoms with van der Waals surface area (Å²) >= 11 is 6.62. The SMILES string of the molecule is FC1(F)CCC(c2nsc(Cl)n2)C1. The second kappa shape index (κ2) is 3.13. The Labute approximate surface area is 83.1 Å². The number of alkyl halides is 2. The number of aromatic nitrogens is 2. The van der Waals surface area contributed by atoms with Crippen LogP contribution in [0.25, 0.3) is 0 Å². The molecule has 13 heavy (non-hydrogen) atoms. The van der Waals surface area contributed by atoms with Gasteiger partial charge in [0.1, 0.15) is 5.82 Å². The number of halogens is 3. The molecule has 72 valence electrons. The smallest absolute Gasteiger partial charge is 0.208 e. The third kappa shape index (κ3) is 1.96. The predicted octanol–water partition coefficient (Wildman–Crippen LogP) is 3.09. The molecule has 6 heteroatoms. The molecule has 0 radical (unpaired) electrons. The minimum Gasteiger partial charge on any atom is -0.208 e. The van der Waals surface area contributed by atoms with Crippen LogP contribution in [0.15, 0.2) is 0 Å². The van der Waals surface area contributed by atoms with E-state index in [9.17, 15) is 8.78 Å². The van der Waals surface area contributed by atoms with Gasteiger partial charge in [-0.3, -0.25) is 0 Å². The van der Waals surface area contributed by atoms with Crippen LogP contribution in [-0.4, -0.2) is 15.3 Å². The molecule has 2 nitrogen and oxygen atoms in total. The minimum absolute atomic E-state index is 0.0610. The van der Waals surface area contributed by atoms with Crippen molar-refractivity contribution in [1.29, 1.82) is 0 Å². The lowest BCUT2D eigenvalue weighted by molar-refractivity contribution is 0.00757. The van der Waals surface area contributed by atoms with Gasteiger partial charge in [-0.05, 0) is 29.6 Å². The maximum absolute atomic E-state index is 12.8. The fourth-order valence-electron chi connectivity index (χ4n) is 1.55. The van der Waals surface area contributed by atoms with Crippen molar-refractivity contribution in [3.63, 3.8) is 0 Å². The van der Waals surface area contributed by atoms with Crippen LogP contribution in [0.1, 0.15) is 31.0 Å². The molecule has 2 rings (SSSR count). The van der Waals surface area contributed by atoms with Crippen LogP contribution >= 0.6 is 23.1 Å². The van der Waals surface area contributed by atoms with Crippen LogP contribution < -0.4 is 0 Å². The Hall–Kier alpha value is -0.290. The van der Waals surface area contributed by atoms with Gasteiger partial charge in [0.2, 0.25) is 10.4 Å². The van der Waals surface area contributed by atoms with Crippen molar-refractivity contribution in [2.45, 2.75) is 31.1 Å². The summed E-state index contributed by atoms with van der Waals surface area (Å²) in [5.74, 6) is -2.27. The van der Waals surface area contributed by atoms with Crippen LogP contribution in [0.5, 0.6) is 0 Å². The van der Waals surface area contributed by atoms with E-state index < -0.39 is 5.92 Å². The summed E-state index contributed by atoms with van der Waals surface area (Å²) in [5.41, 5.74) is 0. The van der Waals surface area contributed by atoms with Crippen LogP contribution in [0.4, 0.5) is 8.78 Å². The summed E-state index contributed by atoms with van der Waals surface area (Å²) in [5, 5.41) is 0. The highest BCUT2D eigenvalue weighted by atomic mass is 35.5. The largest absolute Gasteiger partial charge is 0.248 e. The Morgan fingerprint density at radius 1 is 1.54 bits per heavy atom. The van der Waals surface area contributed by atoms with Crippen LogP contribution in [0.3, 0.4) is 0 Å². The van der Waals surface area contributed by atoms with Crippen LogP contribution in [0, 0.1) is 0 Å². The van der Waals surface area contributed by atoms with Crippen LogP contribution in [-0.2, 0) is 0 Å². The molecule has 0 amide bonds. The fourth-order valence-corrected chi connectivity index (χ4v) is 2.23. The molecular weight excluding hydrogens is 218 g/mol. The zero-order valence-electron chi connectivity index (χ0n) is 6.64. The predicted molar refractivity (Wildman–Crippen MR) is 46.5 cm³/mol. The van der Waals surface area contributed by atoms with E-state index in [0.29, 0.717) is 16.7 Å². The van der Waals surface area contributed by atoms with Gasteiger partial charge in [0, 0.05) is 18.8 Å². The molecule has 1 fully saturated rings. The number of rotatable bonds is 1. The van der Waals surface area contributed by atoms with Crippen LogP contribution in [0.2, 0.25) is 4.47 Å². The molecular formula is C7H7ClF2N2S. The monoisotopic (exact) mass is 224 g/mol. The lowest BCUT2D eigenvalue weighted by Gasteiger charge is -2.06. The Balaban J connectivity index is 2.12. The molecule has 0 saturated heterocycles. The zero-order valence-corrected chi connectivity index (χ0v) is 8.21. The highest BCUT2D eigenvalue weighted by molar-refractivity contribution is 7.10.